The van der Waals surface area contributed by atoms with E-state index < -0.39 is 0 Å². The smallest absolute Gasteiger partial charge is 0.0695 e. The fourth-order valence-corrected chi connectivity index (χ4v) is 2.65. The molecule has 2 rings (SSSR count). The number of aliphatic hydroxyl groups is 1. The molecule has 0 aromatic carbocycles. The van der Waals surface area contributed by atoms with Crippen LogP contribution in [0, 0.1) is 0 Å². The van der Waals surface area contributed by atoms with Gasteiger partial charge >= 0.3 is 0 Å². The summed E-state index contributed by atoms with van der Waals surface area (Å²) >= 11 is 0. The van der Waals surface area contributed by atoms with Crippen molar-refractivity contribution in [2.45, 2.75) is 43.9 Å². The summed E-state index contributed by atoms with van der Waals surface area (Å²) in [4.78, 5) is 2.39. The van der Waals surface area contributed by atoms with Gasteiger partial charge in [0, 0.05) is 18.6 Å². The predicted molar refractivity (Wildman–Crippen MR) is 52.7 cm³/mol. The average Bonchev–Trinajstić information content (AvgIpc) is 2.72. The van der Waals surface area contributed by atoms with Gasteiger partial charge < -0.3 is 10.4 Å². The van der Waals surface area contributed by atoms with Gasteiger partial charge in [-0.2, -0.15) is 0 Å². The Morgan fingerprint density at radius 2 is 2.15 bits per heavy atom. The third kappa shape index (κ3) is 1.87. The number of hydrogen-bond acceptors (Lipinski definition) is 3. The molecule has 1 heterocycles. The molecule has 2 N–H and O–H groups in total. The van der Waals surface area contributed by atoms with Crippen LogP contribution >= 0.6 is 0 Å². The van der Waals surface area contributed by atoms with Crippen molar-refractivity contribution in [2.75, 3.05) is 20.1 Å². The fourth-order valence-electron chi connectivity index (χ4n) is 2.65. The second-order valence-electron chi connectivity index (χ2n) is 4.38. The molecule has 1 aliphatic carbocycles. The highest BCUT2D eigenvalue weighted by molar-refractivity contribution is 4.89. The molecule has 0 aromatic heterocycles. The molecule has 13 heavy (non-hydrogen) atoms. The van der Waals surface area contributed by atoms with E-state index in [0.717, 1.165) is 19.5 Å². The van der Waals surface area contributed by atoms with Crippen LogP contribution in [0.4, 0.5) is 0 Å². The zero-order chi connectivity index (χ0) is 9.26. The summed E-state index contributed by atoms with van der Waals surface area (Å²) < 4.78 is 0. The molecule has 2 aliphatic rings. The number of nitrogens with one attached hydrogen (secondary N) is 1. The average molecular weight is 184 g/mol. The summed E-state index contributed by atoms with van der Waals surface area (Å²) in [7, 11) is 2.16. The molecular formula is C10H20N2O. The molecule has 3 heteroatoms. The van der Waals surface area contributed by atoms with Gasteiger partial charge in [-0.25, -0.2) is 0 Å². The molecule has 76 valence electrons. The first-order valence-corrected chi connectivity index (χ1v) is 5.40. The molecule has 2 fully saturated rings. The number of likely N-dealkylation sites (N-methyl/N-ethyl adjacent to an activating group) is 1. The highest BCUT2D eigenvalue weighted by Gasteiger charge is 2.33. The van der Waals surface area contributed by atoms with Crippen molar-refractivity contribution in [3.8, 4) is 0 Å². The molecule has 0 spiro atoms. The van der Waals surface area contributed by atoms with E-state index in [0.29, 0.717) is 12.1 Å². The van der Waals surface area contributed by atoms with Crippen LogP contribution in [0.2, 0.25) is 0 Å². The normalized spacial score (nSPS) is 40.4. The fraction of sp³-hybridized carbons (Fsp3) is 1.00. The maximum Gasteiger partial charge on any atom is 0.0695 e. The summed E-state index contributed by atoms with van der Waals surface area (Å²) in [6.07, 6.45) is 4.52. The van der Waals surface area contributed by atoms with Gasteiger partial charge in [0.1, 0.15) is 0 Å². The van der Waals surface area contributed by atoms with E-state index in [2.05, 4.69) is 17.3 Å². The van der Waals surface area contributed by atoms with Gasteiger partial charge in [-0.1, -0.05) is 0 Å². The van der Waals surface area contributed by atoms with E-state index in [1.807, 2.05) is 0 Å². The van der Waals surface area contributed by atoms with Crippen LogP contribution in [0.25, 0.3) is 0 Å². The number of aliphatic hydroxyl groups excluding tert-OH is 1. The Hall–Kier alpha value is -0.120. The van der Waals surface area contributed by atoms with E-state index in [4.69, 9.17) is 0 Å². The van der Waals surface area contributed by atoms with Gasteiger partial charge in [0.2, 0.25) is 0 Å². The first kappa shape index (κ1) is 9.44. The standard InChI is InChI=1S/C10H20N2O/c1-12(8-5-6-11-7-8)9-3-2-4-10(9)13/h8-11,13H,2-7H2,1H3. The Bertz CT molecular complexity index is 168. The molecule has 3 nitrogen and oxygen atoms in total. The van der Waals surface area contributed by atoms with Crippen LogP contribution in [-0.2, 0) is 0 Å². The van der Waals surface area contributed by atoms with Gasteiger partial charge in [-0.3, -0.25) is 4.90 Å². The van der Waals surface area contributed by atoms with Crippen LogP contribution in [-0.4, -0.2) is 48.3 Å². The van der Waals surface area contributed by atoms with Crippen molar-refractivity contribution in [3.63, 3.8) is 0 Å². The van der Waals surface area contributed by atoms with E-state index in [1.54, 1.807) is 0 Å². The molecule has 1 aliphatic heterocycles. The lowest BCUT2D eigenvalue weighted by atomic mass is 10.1. The van der Waals surface area contributed by atoms with Gasteiger partial charge in [0.05, 0.1) is 6.10 Å². The summed E-state index contributed by atoms with van der Waals surface area (Å²) in [5, 5.41) is 13.1. The Morgan fingerprint density at radius 1 is 1.31 bits per heavy atom. The van der Waals surface area contributed by atoms with E-state index in [1.165, 1.54) is 19.3 Å². The van der Waals surface area contributed by atoms with Gasteiger partial charge in [-0.15, -0.1) is 0 Å². The first-order valence-electron chi connectivity index (χ1n) is 5.40. The van der Waals surface area contributed by atoms with Gasteiger partial charge in [0.15, 0.2) is 0 Å². The maximum absolute atomic E-state index is 9.76. The molecule has 1 saturated heterocycles. The minimum atomic E-state index is -0.0781. The van der Waals surface area contributed by atoms with Crippen molar-refractivity contribution in [2.24, 2.45) is 0 Å². The van der Waals surface area contributed by atoms with Gasteiger partial charge in [-0.05, 0) is 39.3 Å². The third-order valence-electron chi connectivity index (χ3n) is 3.58. The Kier molecular flexibility index (Phi) is 2.86. The predicted octanol–water partition coefficient (Wildman–Crippen LogP) is 0.193. The highest BCUT2D eigenvalue weighted by atomic mass is 16.3. The Morgan fingerprint density at radius 3 is 2.69 bits per heavy atom. The van der Waals surface area contributed by atoms with Crippen molar-refractivity contribution in [1.82, 2.24) is 10.2 Å². The van der Waals surface area contributed by atoms with Crippen LogP contribution in [0.15, 0.2) is 0 Å². The zero-order valence-corrected chi connectivity index (χ0v) is 8.37. The zero-order valence-electron chi connectivity index (χ0n) is 8.37. The SMILES string of the molecule is CN(C1CCNC1)C1CCCC1O. The lowest BCUT2D eigenvalue weighted by Crippen LogP contribution is -2.45. The Labute approximate surface area is 80.1 Å². The molecule has 1 saturated carbocycles. The van der Waals surface area contributed by atoms with Crippen molar-refractivity contribution >= 4 is 0 Å². The van der Waals surface area contributed by atoms with Crippen LogP contribution < -0.4 is 5.32 Å². The lowest BCUT2D eigenvalue weighted by molar-refractivity contribution is 0.0660. The molecule has 3 unspecified atom stereocenters. The second-order valence-corrected chi connectivity index (χ2v) is 4.38. The van der Waals surface area contributed by atoms with Gasteiger partial charge in [0.25, 0.3) is 0 Å². The largest absolute Gasteiger partial charge is 0.391 e. The number of rotatable bonds is 2. The summed E-state index contributed by atoms with van der Waals surface area (Å²) in [5.74, 6) is 0. The van der Waals surface area contributed by atoms with E-state index >= 15 is 0 Å². The van der Waals surface area contributed by atoms with Crippen LogP contribution in [0.5, 0.6) is 0 Å². The lowest BCUT2D eigenvalue weighted by Gasteiger charge is -2.31. The second kappa shape index (κ2) is 3.95. The molecule has 0 bridgehead atoms. The third-order valence-corrected chi connectivity index (χ3v) is 3.58. The van der Waals surface area contributed by atoms with Crippen LogP contribution in [0.3, 0.4) is 0 Å². The minimum Gasteiger partial charge on any atom is -0.391 e. The number of nitrogens with zero attached hydrogens (tertiary/aromatic N) is 1. The molecular weight excluding hydrogens is 164 g/mol. The molecule has 0 amide bonds. The topological polar surface area (TPSA) is 35.5 Å². The monoisotopic (exact) mass is 184 g/mol. The van der Waals surface area contributed by atoms with Crippen molar-refractivity contribution < 1.29 is 5.11 Å². The van der Waals surface area contributed by atoms with E-state index in [-0.39, 0.29) is 6.10 Å². The van der Waals surface area contributed by atoms with Crippen molar-refractivity contribution in [3.05, 3.63) is 0 Å². The van der Waals surface area contributed by atoms with E-state index in [9.17, 15) is 5.11 Å². The summed E-state index contributed by atoms with van der Waals surface area (Å²) in [6, 6.07) is 1.07. The summed E-state index contributed by atoms with van der Waals surface area (Å²) in [5.41, 5.74) is 0. The molecule has 0 aromatic rings. The molecule has 3 atom stereocenters. The van der Waals surface area contributed by atoms with Crippen LogP contribution in [0.1, 0.15) is 25.7 Å². The highest BCUT2D eigenvalue weighted by Crippen LogP contribution is 2.25. The van der Waals surface area contributed by atoms with Crippen molar-refractivity contribution in [1.29, 1.82) is 0 Å². The first-order chi connectivity index (χ1) is 6.29. The maximum atomic E-state index is 9.76. The summed E-state index contributed by atoms with van der Waals surface area (Å²) in [6.45, 7) is 2.23. The number of hydrogen-bond donors (Lipinski definition) is 2. The minimum absolute atomic E-state index is 0.0781. The Balaban J connectivity index is 1.91. The molecule has 0 radical (unpaired) electrons. The quantitative estimate of drug-likeness (QED) is 0.643.